The fraction of sp³-hybridized carbons (Fsp3) is 0.188. The summed E-state index contributed by atoms with van der Waals surface area (Å²) in [6, 6.07) is 5.35. The number of aryl methyl sites for hydroxylation is 1. The van der Waals surface area contributed by atoms with Gasteiger partial charge in [-0.05, 0) is 25.0 Å². The number of aromatic nitrogens is 2. The van der Waals surface area contributed by atoms with E-state index in [-0.39, 0.29) is 16.7 Å². The summed E-state index contributed by atoms with van der Waals surface area (Å²) in [6.45, 7) is 1.69. The number of ether oxygens (including phenoxy) is 1. The van der Waals surface area contributed by atoms with Crippen LogP contribution in [0.2, 0.25) is 0 Å². The van der Waals surface area contributed by atoms with E-state index in [0.29, 0.717) is 22.7 Å². The van der Waals surface area contributed by atoms with E-state index < -0.39 is 16.1 Å². The van der Waals surface area contributed by atoms with Gasteiger partial charge in [0.15, 0.2) is 0 Å². The monoisotopic (exact) mass is 394 g/mol. The lowest BCUT2D eigenvalue weighted by Gasteiger charge is -2.12. The Morgan fingerprint density at radius 3 is 2.81 bits per heavy atom. The summed E-state index contributed by atoms with van der Waals surface area (Å²) in [7, 11) is -2.72. The number of anilines is 1. The zero-order valence-electron chi connectivity index (χ0n) is 13.9. The minimum Gasteiger partial charge on any atom is -0.481 e. The van der Waals surface area contributed by atoms with E-state index in [1.54, 1.807) is 31.2 Å². The van der Waals surface area contributed by atoms with Crippen LogP contribution in [0.15, 0.2) is 35.2 Å². The number of nitrogens with one attached hydrogen (secondary N) is 2. The maximum atomic E-state index is 12.6. The highest BCUT2D eigenvalue weighted by molar-refractivity contribution is 7.90. The maximum Gasteiger partial charge on any atom is 0.335 e. The van der Waals surface area contributed by atoms with Gasteiger partial charge in [-0.2, -0.15) is 4.98 Å². The molecule has 0 atom stereocenters. The average Bonchev–Trinajstić information content (AvgIpc) is 2.95. The smallest absolute Gasteiger partial charge is 0.335 e. The highest BCUT2D eigenvalue weighted by atomic mass is 35.5. The van der Waals surface area contributed by atoms with E-state index in [1.807, 2.05) is 4.72 Å². The van der Waals surface area contributed by atoms with Gasteiger partial charge in [-0.1, -0.05) is 29.8 Å². The van der Waals surface area contributed by atoms with Crippen LogP contribution in [0.1, 0.15) is 16.8 Å². The summed E-state index contributed by atoms with van der Waals surface area (Å²) >= 11 is 6.11. The third-order valence-electron chi connectivity index (χ3n) is 3.63. The van der Waals surface area contributed by atoms with Crippen LogP contribution in [0, 0.1) is 6.92 Å². The zero-order valence-corrected chi connectivity index (χ0v) is 15.5. The van der Waals surface area contributed by atoms with E-state index in [4.69, 9.17) is 16.3 Å². The molecule has 0 unspecified atom stereocenters. The van der Waals surface area contributed by atoms with Crippen molar-refractivity contribution in [1.82, 2.24) is 14.7 Å². The van der Waals surface area contributed by atoms with E-state index >= 15 is 0 Å². The largest absolute Gasteiger partial charge is 0.481 e. The van der Waals surface area contributed by atoms with Crippen molar-refractivity contribution in [3.05, 3.63) is 47.2 Å². The molecule has 3 rings (SSSR count). The summed E-state index contributed by atoms with van der Waals surface area (Å²) in [5.41, 5.74) is 1.74. The number of allylic oxidation sites excluding steroid dienone is 1. The van der Waals surface area contributed by atoms with Crippen molar-refractivity contribution in [3.8, 4) is 5.88 Å². The van der Waals surface area contributed by atoms with Crippen molar-refractivity contribution >= 4 is 38.6 Å². The molecular weight excluding hydrogens is 380 g/mol. The Labute approximate surface area is 155 Å². The molecule has 0 saturated carbocycles. The number of hydrogen-bond donors (Lipinski definition) is 2. The van der Waals surface area contributed by atoms with Crippen LogP contribution in [0.25, 0.3) is 5.03 Å². The lowest BCUT2D eigenvalue weighted by atomic mass is 10.1. The SMILES string of the molecule is COc1cc(C)nc(NC(=O)NS(=O)(=O)c2cccc3c2C(Cl)=CC3)n1. The summed E-state index contributed by atoms with van der Waals surface area (Å²) in [6.07, 6.45) is 2.26. The molecule has 1 heterocycles. The minimum atomic E-state index is -4.14. The van der Waals surface area contributed by atoms with Gasteiger partial charge in [0.25, 0.3) is 10.0 Å². The van der Waals surface area contributed by atoms with Crippen LogP contribution in [-0.4, -0.2) is 31.5 Å². The van der Waals surface area contributed by atoms with Gasteiger partial charge in [0, 0.05) is 22.4 Å². The lowest BCUT2D eigenvalue weighted by Crippen LogP contribution is -2.35. The molecule has 1 aromatic carbocycles. The highest BCUT2D eigenvalue weighted by Gasteiger charge is 2.26. The molecule has 10 heteroatoms. The maximum absolute atomic E-state index is 12.6. The van der Waals surface area contributed by atoms with E-state index in [2.05, 4.69) is 15.3 Å². The van der Waals surface area contributed by atoms with Gasteiger partial charge in [0.05, 0.1) is 12.0 Å². The molecule has 0 bridgehead atoms. The van der Waals surface area contributed by atoms with Crippen molar-refractivity contribution < 1.29 is 17.9 Å². The van der Waals surface area contributed by atoms with Crippen LogP contribution in [0.5, 0.6) is 5.88 Å². The zero-order chi connectivity index (χ0) is 18.9. The second kappa shape index (κ2) is 6.93. The quantitative estimate of drug-likeness (QED) is 0.824. The summed E-state index contributed by atoms with van der Waals surface area (Å²) in [5, 5.41) is 2.62. The molecule has 2 aromatic rings. The predicted octanol–water partition coefficient (Wildman–Crippen LogP) is 2.44. The second-order valence-electron chi connectivity index (χ2n) is 5.48. The number of halogens is 1. The number of hydrogen-bond acceptors (Lipinski definition) is 6. The van der Waals surface area contributed by atoms with Crippen molar-refractivity contribution in [2.24, 2.45) is 0 Å². The van der Waals surface area contributed by atoms with Crippen LogP contribution < -0.4 is 14.8 Å². The van der Waals surface area contributed by atoms with Crippen molar-refractivity contribution in [2.75, 3.05) is 12.4 Å². The van der Waals surface area contributed by atoms with E-state index in [9.17, 15) is 13.2 Å². The molecule has 2 N–H and O–H groups in total. The molecule has 1 aliphatic carbocycles. The van der Waals surface area contributed by atoms with Gasteiger partial charge < -0.3 is 4.74 Å². The molecule has 0 aliphatic heterocycles. The molecule has 0 fully saturated rings. The van der Waals surface area contributed by atoms with Crippen LogP contribution in [-0.2, 0) is 16.4 Å². The third kappa shape index (κ3) is 3.63. The number of urea groups is 1. The number of benzene rings is 1. The number of carbonyl (C=O) groups is 1. The number of methoxy groups -OCH3 is 1. The first-order chi connectivity index (χ1) is 12.3. The Hall–Kier alpha value is -2.65. The summed E-state index contributed by atoms with van der Waals surface area (Å²) < 4.78 is 32.1. The molecule has 0 spiro atoms. The van der Waals surface area contributed by atoms with Crippen LogP contribution in [0.4, 0.5) is 10.7 Å². The first-order valence-electron chi connectivity index (χ1n) is 7.51. The normalized spacial score (nSPS) is 13.0. The number of sulfonamides is 1. The number of fused-ring (bicyclic) bond motifs is 1. The molecule has 136 valence electrons. The van der Waals surface area contributed by atoms with Crippen LogP contribution >= 0.6 is 11.6 Å². The molecule has 8 nitrogen and oxygen atoms in total. The highest BCUT2D eigenvalue weighted by Crippen LogP contribution is 2.35. The Morgan fingerprint density at radius 2 is 2.08 bits per heavy atom. The number of nitrogens with zero attached hydrogens (tertiary/aromatic N) is 2. The first kappa shape index (κ1) is 18.2. The Morgan fingerprint density at radius 1 is 1.31 bits per heavy atom. The lowest BCUT2D eigenvalue weighted by molar-refractivity contribution is 0.256. The van der Waals surface area contributed by atoms with Gasteiger partial charge in [-0.3, -0.25) is 5.32 Å². The van der Waals surface area contributed by atoms with E-state index in [0.717, 1.165) is 5.56 Å². The fourth-order valence-electron chi connectivity index (χ4n) is 2.55. The fourth-order valence-corrected chi connectivity index (χ4v) is 4.08. The predicted molar refractivity (Wildman–Crippen MR) is 96.6 cm³/mol. The Kier molecular flexibility index (Phi) is 4.84. The van der Waals surface area contributed by atoms with Crippen LogP contribution in [0.3, 0.4) is 0 Å². The summed E-state index contributed by atoms with van der Waals surface area (Å²) in [5.74, 6) is 0.166. The van der Waals surface area contributed by atoms with Gasteiger partial charge in [-0.25, -0.2) is 22.9 Å². The third-order valence-corrected chi connectivity index (χ3v) is 5.35. The standard InChI is InChI=1S/C16H15ClN4O4S/c1-9-8-13(25-2)19-15(18-9)20-16(22)21-26(23,24)12-5-3-4-10-6-7-11(17)14(10)12/h3-5,7-8H,6H2,1-2H3,(H2,18,19,20,21,22). The number of rotatable bonds is 4. The first-order valence-corrected chi connectivity index (χ1v) is 9.37. The van der Waals surface area contributed by atoms with E-state index in [1.165, 1.54) is 13.2 Å². The summed E-state index contributed by atoms with van der Waals surface area (Å²) in [4.78, 5) is 20.0. The van der Waals surface area contributed by atoms with Crippen molar-refractivity contribution in [1.29, 1.82) is 0 Å². The Bertz CT molecular complexity index is 1020. The number of amides is 2. The number of carbonyl (C=O) groups excluding carboxylic acids is 1. The topological polar surface area (TPSA) is 110 Å². The molecule has 2 amide bonds. The minimum absolute atomic E-state index is 0.0633. The van der Waals surface area contributed by atoms with Gasteiger partial charge in [0.2, 0.25) is 11.8 Å². The molecule has 26 heavy (non-hydrogen) atoms. The Balaban J connectivity index is 1.83. The van der Waals surface area contributed by atoms with Gasteiger partial charge in [-0.15, -0.1) is 0 Å². The molecule has 1 aliphatic rings. The molecule has 0 radical (unpaired) electrons. The molecule has 1 aromatic heterocycles. The second-order valence-corrected chi connectivity index (χ2v) is 7.54. The molecular formula is C16H15ClN4O4S. The average molecular weight is 395 g/mol. The van der Waals surface area contributed by atoms with Gasteiger partial charge in [0.1, 0.15) is 0 Å². The van der Waals surface area contributed by atoms with Crippen molar-refractivity contribution in [2.45, 2.75) is 18.2 Å². The molecule has 0 saturated heterocycles. The van der Waals surface area contributed by atoms with Gasteiger partial charge >= 0.3 is 6.03 Å². The van der Waals surface area contributed by atoms with Crippen molar-refractivity contribution in [3.63, 3.8) is 0 Å².